The third-order valence-electron chi connectivity index (χ3n) is 11.3. The van der Waals surface area contributed by atoms with Crippen molar-refractivity contribution in [1.82, 2.24) is 20.4 Å². The van der Waals surface area contributed by atoms with E-state index in [0.29, 0.717) is 11.8 Å². The van der Waals surface area contributed by atoms with Crippen molar-refractivity contribution >= 4 is 46.9 Å². The van der Waals surface area contributed by atoms with Gasteiger partial charge in [0.15, 0.2) is 0 Å². The maximum absolute atomic E-state index is 12.9. The third-order valence-corrected chi connectivity index (χ3v) is 13.3. The van der Waals surface area contributed by atoms with E-state index in [9.17, 15) is 45.3 Å². The van der Waals surface area contributed by atoms with Crippen molar-refractivity contribution in [2.75, 3.05) is 39.7 Å². The van der Waals surface area contributed by atoms with Crippen LogP contribution in [0.4, 0.5) is 0 Å². The number of likely N-dealkylation sites (N-methyl/N-ethyl adjacent to an activating group) is 2. The van der Waals surface area contributed by atoms with Crippen molar-refractivity contribution in [3.8, 4) is 0 Å². The minimum Gasteiger partial charge on any atom is -0.391 e. The van der Waals surface area contributed by atoms with E-state index in [2.05, 4.69) is 24.5 Å². The lowest BCUT2D eigenvalue weighted by atomic mass is 9.92. The minimum atomic E-state index is -1.42. The number of aliphatic hydroxyl groups is 7. The first kappa shape index (κ1) is 47.9. The summed E-state index contributed by atoms with van der Waals surface area (Å²) in [4.78, 5) is 29.8. The predicted molar refractivity (Wildman–Crippen MR) is 210 cm³/mol. The summed E-state index contributed by atoms with van der Waals surface area (Å²) in [7, 11) is 3.85. The summed E-state index contributed by atoms with van der Waals surface area (Å²) < 4.78 is 11.5. The summed E-state index contributed by atoms with van der Waals surface area (Å²) in [5.41, 5.74) is -1.46. The summed E-state index contributed by atoms with van der Waals surface area (Å²) in [6.45, 7) is 9.22. The maximum atomic E-state index is 12.9. The van der Waals surface area contributed by atoms with Crippen LogP contribution in [0.2, 0.25) is 0 Å². The second-order valence-corrected chi connectivity index (χ2v) is 18.1. The van der Waals surface area contributed by atoms with E-state index in [4.69, 9.17) is 21.1 Å². The van der Waals surface area contributed by atoms with Crippen LogP contribution < -0.4 is 10.6 Å². The molecule has 9 N–H and O–H groups in total. The fraction of sp³-hybridized carbons (Fsp3) is 0.944. The Balaban J connectivity index is 0.000000290. The molecule has 18 unspecified atom stereocenters. The zero-order chi connectivity index (χ0) is 40.6. The SMILES string of the molecule is CCCC1CC(C(=O)NC(C(C)Cl)C2OC(SC)C(O)C(O)C2O)N(C)C1.CCCC1CC(C(=O)NC(C(C)O)C2OC(SC)C(O)C(O)C2O)N(C)C1. The summed E-state index contributed by atoms with van der Waals surface area (Å²) in [6, 6.07) is -2.13. The summed E-state index contributed by atoms with van der Waals surface area (Å²) >= 11 is 8.75. The molecule has 316 valence electrons. The molecule has 4 fully saturated rings. The molecule has 4 rings (SSSR count). The molecule has 4 saturated heterocycles. The topological polar surface area (TPSA) is 225 Å². The van der Waals surface area contributed by atoms with Gasteiger partial charge >= 0.3 is 0 Å². The molecule has 54 heavy (non-hydrogen) atoms. The highest BCUT2D eigenvalue weighted by molar-refractivity contribution is 7.99. The number of likely N-dealkylation sites (tertiary alicyclic amines) is 2. The van der Waals surface area contributed by atoms with Crippen LogP contribution >= 0.6 is 35.1 Å². The van der Waals surface area contributed by atoms with Crippen molar-refractivity contribution in [1.29, 1.82) is 0 Å². The molecule has 0 aliphatic carbocycles. The first-order chi connectivity index (χ1) is 25.4. The third kappa shape index (κ3) is 11.8. The predicted octanol–water partition coefficient (Wildman–Crippen LogP) is -0.467. The van der Waals surface area contributed by atoms with E-state index in [0.717, 1.165) is 51.6 Å². The number of amides is 2. The molecule has 0 spiro atoms. The van der Waals surface area contributed by atoms with Crippen molar-refractivity contribution in [2.24, 2.45) is 11.8 Å². The molecule has 0 saturated carbocycles. The Bertz CT molecular complexity index is 1080. The lowest BCUT2D eigenvalue weighted by Crippen LogP contribution is -2.65. The van der Waals surface area contributed by atoms with Gasteiger partial charge in [0, 0.05) is 13.1 Å². The van der Waals surface area contributed by atoms with E-state index >= 15 is 0 Å². The number of carbonyl (C=O) groups excluding carboxylic acids is 2. The Kier molecular flexibility index (Phi) is 19.5. The van der Waals surface area contributed by atoms with E-state index in [-0.39, 0.29) is 23.9 Å². The van der Waals surface area contributed by atoms with E-state index < -0.39 is 83.3 Å². The molecule has 0 bridgehead atoms. The van der Waals surface area contributed by atoms with Crippen molar-refractivity contribution in [3.05, 3.63) is 0 Å². The quantitative estimate of drug-likeness (QED) is 0.101. The van der Waals surface area contributed by atoms with Crippen LogP contribution in [0, 0.1) is 11.8 Å². The lowest BCUT2D eigenvalue weighted by molar-refractivity contribution is -0.211. The van der Waals surface area contributed by atoms with Crippen molar-refractivity contribution < 1.29 is 54.8 Å². The van der Waals surface area contributed by atoms with Gasteiger partial charge in [-0.15, -0.1) is 35.1 Å². The molecule has 2 amide bonds. The van der Waals surface area contributed by atoms with Crippen LogP contribution in [0.1, 0.15) is 66.2 Å². The molecule has 4 aliphatic heterocycles. The smallest absolute Gasteiger partial charge is 0.237 e. The van der Waals surface area contributed by atoms with Crippen LogP contribution in [0.3, 0.4) is 0 Å². The fourth-order valence-electron chi connectivity index (χ4n) is 8.25. The highest BCUT2D eigenvalue weighted by Gasteiger charge is 2.50. The highest BCUT2D eigenvalue weighted by Crippen LogP contribution is 2.33. The Morgan fingerprint density at radius 2 is 1.07 bits per heavy atom. The highest BCUT2D eigenvalue weighted by atomic mass is 35.5. The van der Waals surface area contributed by atoms with Crippen LogP contribution in [0.25, 0.3) is 0 Å². The molecule has 18 atom stereocenters. The number of hydrogen-bond donors (Lipinski definition) is 9. The van der Waals surface area contributed by atoms with Gasteiger partial charge in [0.25, 0.3) is 0 Å². The lowest BCUT2D eigenvalue weighted by Gasteiger charge is -2.44. The average Bonchev–Trinajstić information content (AvgIpc) is 3.69. The van der Waals surface area contributed by atoms with E-state index in [1.165, 1.54) is 30.4 Å². The number of ether oxygens (including phenoxy) is 2. The summed E-state index contributed by atoms with van der Waals surface area (Å²) in [5.74, 6) is 0.594. The number of rotatable bonds is 14. The summed E-state index contributed by atoms with van der Waals surface area (Å²) in [6.07, 6.45) is -1.59. The standard InChI is InChI=1S/C18H33ClN2O5S.C18H34N2O6S/c1-5-6-10-7-11(21(3)8-10)17(25)20-12(9(2)19)16-14(23)13(22)15(24)18(26-16)27-4;1-5-6-10-7-11(20(3)8-10)17(25)19-12(9(2)21)16-14(23)13(22)15(24)18(26-16)27-4/h9-16,18,22-24H,5-8H2,1-4H3,(H,20,25);9-16,18,21-24H,5-8H2,1-4H3,(H,19,25). The van der Waals surface area contributed by atoms with Gasteiger partial charge in [-0.3, -0.25) is 19.4 Å². The zero-order valence-electron chi connectivity index (χ0n) is 32.9. The molecule has 0 aromatic rings. The minimum absolute atomic E-state index is 0.147. The number of aliphatic hydroxyl groups excluding tert-OH is 7. The second kappa shape index (κ2) is 22.0. The molecule has 0 aromatic heterocycles. The molecule has 0 aromatic carbocycles. The van der Waals surface area contributed by atoms with E-state index in [1.54, 1.807) is 19.4 Å². The van der Waals surface area contributed by atoms with Gasteiger partial charge in [-0.25, -0.2) is 0 Å². The maximum Gasteiger partial charge on any atom is 0.237 e. The number of hydrogen-bond acceptors (Lipinski definition) is 15. The van der Waals surface area contributed by atoms with Gasteiger partial charge < -0.3 is 55.9 Å². The molecular formula is C36H67ClN4O11S2. The number of thioether (sulfide) groups is 2. The fourth-order valence-corrected chi connectivity index (χ4v) is 9.81. The van der Waals surface area contributed by atoms with Crippen LogP contribution in [-0.2, 0) is 19.1 Å². The average molecular weight is 832 g/mol. The Morgan fingerprint density at radius 1 is 0.704 bits per heavy atom. The van der Waals surface area contributed by atoms with Gasteiger partial charge in [0.1, 0.15) is 59.7 Å². The van der Waals surface area contributed by atoms with Crippen molar-refractivity contribution in [3.63, 3.8) is 0 Å². The van der Waals surface area contributed by atoms with Crippen molar-refractivity contribution in [2.45, 2.75) is 162 Å². The Labute approximate surface area is 334 Å². The molecule has 18 heteroatoms. The second-order valence-electron chi connectivity index (χ2n) is 15.5. The van der Waals surface area contributed by atoms with Gasteiger partial charge in [-0.1, -0.05) is 26.7 Å². The van der Waals surface area contributed by atoms with Crippen LogP contribution in [0.15, 0.2) is 0 Å². The molecule has 0 radical (unpaired) electrons. The first-order valence-corrected chi connectivity index (χ1v) is 22.2. The Hall–Kier alpha value is -0.510. The van der Waals surface area contributed by atoms with E-state index in [1.807, 2.05) is 23.9 Å². The zero-order valence-corrected chi connectivity index (χ0v) is 35.3. The number of nitrogens with one attached hydrogen (secondary N) is 2. The van der Waals surface area contributed by atoms with Gasteiger partial charge in [0.05, 0.1) is 35.6 Å². The number of halogens is 1. The molecule has 4 heterocycles. The monoisotopic (exact) mass is 830 g/mol. The molecule has 15 nitrogen and oxygen atoms in total. The van der Waals surface area contributed by atoms with Gasteiger partial charge in [-0.2, -0.15) is 0 Å². The number of carbonyl (C=O) groups is 2. The summed E-state index contributed by atoms with van der Waals surface area (Å²) in [5, 5.41) is 76.6. The van der Waals surface area contributed by atoms with Gasteiger partial charge in [-0.05, 0) is 78.0 Å². The number of alkyl halides is 1. The van der Waals surface area contributed by atoms with Crippen LogP contribution in [0.5, 0.6) is 0 Å². The van der Waals surface area contributed by atoms with Crippen LogP contribution in [-0.4, -0.2) is 192 Å². The normalized spacial score (nSPS) is 39.9. The number of nitrogens with zero attached hydrogens (tertiary/aromatic N) is 2. The molecular weight excluding hydrogens is 764 g/mol. The Morgan fingerprint density at radius 3 is 1.41 bits per heavy atom. The largest absolute Gasteiger partial charge is 0.391 e. The van der Waals surface area contributed by atoms with Gasteiger partial charge in [0.2, 0.25) is 11.8 Å². The first-order valence-electron chi connectivity index (χ1n) is 19.2. The molecule has 4 aliphatic rings.